The molecule has 0 spiro atoms. The quantitative estimate of drug-likeness (QED) is 0.544. The van der Waals surface area contributed by atoms with Gasteiger partial charge in [-0.05, 0) is 0 Å². The van der Waals surface area contributed by atoms with Gasteiger partial charge in [-0.3, -0.25) is 0 Å². The average Bonchev–Trinajstić information content (AvgIpc) is 2.49. The van der Waals surface area contributed by atoms with Gasteiger partial charge in [-0.2, -0.15) is 0 Å². The van der Waals surface area contributed by atoms with E-state index in [1.807, 2.05) is 37.3 Å². The summed E-state index contributed by atoms with van der Waals surface area (Å²) in [6.07, 6.45) is 0. The summed E-state index contributed by atoms with van der Waals surface area (Å²) in [5, 5.41) is 11.2. The van der Waals surface area contributed by atoms with Gasteiger partial charge < -0.3 is 0 Å². The molecule has 2 rings (SSSR count). The van der Waals surface area contributed by atoms with Crippen molar-refractivity contribution in [2.75, 3.05) is 0 Å². The molecule has 0 amide bonds. The SMILES string of the molecule is Cc1c(-c2ccccc2)n[se][n+]1[O-]. The Labute approximate surface area is 82.4 Å². The number of hydrogen-bond donors (Lipinski definition) is 0. The summed E-state index contributed by atoms with van der Waals surface area (Å²) in [5.74, 6) is 0. The van der Waals surface area contributed by atoms with Crippen molar-refractivity contribution in [3.63, 3.8) is 0 Å². The topological polar surface area (TPSA) is 39.8 Å². The summed E-state index contributed by atoms with van der Waals surface area (Å²) in [6, 6.07) is 9.79. The van der Waals surface area contributed by atoms with Crippen LogP contribution in [0.25, 0.3) is 11.3 Å². The maximum atomic E-state index is 11.2. The molecule has 4 heteroatoms. The van der Waals surface area contributed by atoms with Crippen LogP contribution in [0.4, 0.5) is 0 Å². The van der Waals surface area contributed by atoms with Crippen LogP contribution in [-0.2, 0) is 0 Å². The molecule has 66 valence electrons. The first-order valence-corrected chi connectivity index (χ1v) is 5.44. The van der Waals surface area contributed by atoms with Crippen LogP contribution in [0, 0.1) is 12.1 Å². The van der Waals surface area contributed by atoms with E-state index in [0.717, 1.165) is 20.7 Å². The van der Waals surface area contributed by atoms with E-state index in [9.17, 15) is 5.21 Å². The van der Waals surface area contributed by atoms with Gasteiger partial charge in [0.05, 0.1) is 0 Å². The van der Waals surface area contributed by atoms with Gasteiger partial charge in [0.1, 0.15) is 0 Å². The molecule has 0 saturated carbocycles. The number of hydrogen-bond acceptors (Lipinski definition) is 2. The van der Waals surface area contributed by atoms with Gasteiger partial charge in [0.2, 0.25) is 0 Å². The van der Waals surface area contributed by atoms with E-state index in [0.29, 0.717) is 0 Å². The molecule has 0 unspecified atom stereocenters. The van der Waals surface area contributed by atoms with E-state index in [4.69, 9.17) is 0 Å². The zero-order chi connectivity index (χ0) is 9.26. The molecule has 0 aliphatic carbocycles. The summed E-state index contributed by atoms with van der Waals surface area (Å²) >= 11 is -0.296. The first-order chi connectivity index (χ1) is 6.29. The minimum atomic E-state index is -0.296. The van der Waals surface area contributed by atoms with Crippen molar-refractivity contribution in [1.29, 1.82) is 0 Å². The van der Waals surface area contributed by atoms with Gasteiger partial charge in [-0.1, -0.05) is 0 Å². The van der Waals surface area contributed by atoms with E-state index < -0.39 is 0 Å². The minimum absolute atomic E-state index is 0.296. The fourth-order valence-electron chi connectivity index (χ4n) is 1.15. The number of benzene rings is 1. The number of rotatable bonds is 1. The summed E-state index contributed by atoms with van der Waals surface area (Å²) < 4.78 is 5.19. The van der Waals surface area contributed by atoms with Gasteiger partial charge in [-0.15, -0.1) is 0 Å². The fourth-order valence-corrected chi connectivity index (χ4v) is 2.41. The third-order valence-corrected chi connectivity index (χ3v) is 3.31. The Morgan fingerprint density at radius 1 is 1.31 bits per heavy atom. The Morgan fingerprint density at radius 3 is 2.54 bits per heavy atom. The molecule has 2 aromatic rings. The summed E-state index contributed by atoms with van der Waals surface area (Å²) in [6.45, 7) is 1.81. The molecule has 0 atom stereocenters. The van der Waals surface area contributed by atoms with E-state index in [-0.39, 0.29) is 15.0 Å². The van der Waals surface area contributed by atoms with Crippen LogP contribution in [0.2, 0.25) is 0 Å². The van der Waals surface area contributed by atoms with Gasteiger partial charge >= 0.3 is 82.1 Å². The number of nitrogens with zero attached hydrogens (tertiary/aromatic N) is 2. The molecule has 0 aliphatic heterocycles. The molecule has 1 aromatic carbocycles. The van der Waals surface area contributed by atoms with Crippen molar-refractivity contribution >= 4 is 15.0 Å². The van der Waals surface area contributed by atoms with Gasteiger partial charge in [-0.25, -0.2) is 0 Å². The second-order valence-electron chi connectivity index (χ2n) is 2.73. The van der Waals surface area contributed by atoms with Crippen LogP contribution in [0.3, 0.4) is 0 Å². The van der Waals surface area contributed by atoms with Crippen molar-refractivity contribution in [2.24, 2.45) is 0 Å². The van der Waals surface area contributed by atoms with Gasteiger partial charge in [0, 0.05) is 0 Å². The molecular weight excluding hydrogens is 231 g/mol. The van der Waals surface area contributed by atoms with Crippen molar-refractivity contribution in [3.05, 3.63) is 41.2 Å². The second kappa shape index (κ2) is 3.32. The average molecular weight is 239 g/mol. The molecule has 0 bridgehead atoms. The molecule has 0 N–H and O–H groups in total. The Balaban J connectivity index is 2.53. The maximum absolute atomic E-state index is 11.2. The van der Waals surface area contributed by atoms with Gasteiger partial charge in [0.15, 0.2) is 0 Å². The number of aromatic nitrogens is 2. The van der Waals surface area contributed by atoms with Crippen LogP contribution >= 0.6 is 0 Å². The second-order valence-corrected chi connectivity index (χ2v) is 4.15. The molecule has 3 nitrogen and oxygen atoms in total. The first kappa shape index (κ1) is 8.48. The zero-order valence-electron chi connectivity index (χ0n) is 7.10. The summed E-state index contributed by atoms with van der Waals surface area (Å²) in [4.78, 5) is 0. The van der Waals surface area contributed by atoms with E-state index in [2.05, 4.69) is 3.98 Å². The van der Waals surface area contributed by atoms with E-state index >= 15 is 0 Å². The molecule has 13 heavy (non-hydrogen) atoms. The first-order valence-electron chi connectivity index (χ1n) is 3.91. The van der Waals surface area contributed by atoms with E-state index in [1.165, 1.54) is 0 Å². The van der Waals surface area contributed by atoms with Crippen molar-refractivity contribution in [3.8, 4) is 11.3 Å². The Kier molecular flexibility index (Phi) is 2.17. The Morgan fingerprint density at radius 2 is 2.00 bits per heavy atom. The molecule has 1 heterocycles. The molecule has 0 radical (unpaired) electrons. The van der Waals surface area contributed by atoms with Crippen LogP contribution < -0.4 is 3.73 Å². The fraction of sp³-hybridized carbons (Fsp3) is 0.111. The predicted octanol–water partition coefficient (Wildman–Crippen LogP) is 0.747. The monoisotopic (exact) mass is 240 g/mol. The molecule has 0 aliphatic rings. The van der Waals surface area contributed by atoms with Gasteiger partial charge in [0.25, 0.3) is 0 Å². The predicted molar refractivity (Wildman–Crippen MR) is 50.3 cm³/mol. The van der Waals surface area contributed by atoms with Crippen LogP contribution in [0.15, 0.2) is 30.3 Å². The van der Waals surface area contributed by atoms with Crippen LogP contribution in [-0.4, -0.2) is 18.9 Å². The molecule has 1 aromatic heterocycles. The molecule has 0 saturated heterocycles. The Hall–Kier alpha value is -1.12. The standard InChI is InChI=1S/C9H8N2OSe/c1-7-9(10-13-11(7)12)8-5-3-2-4-6-8/h2-6H,1H3. The van der Waals surface area contributed by atoms with Crippen LogP contribution in [0.5, 0.6) is 0 Å². The van der Waals surface area contributed by atoms with Crippen LogP contribution in [0.1, 0.15) is 5.69 Å². The third-order valence-electron chi connectivity index (χ3n) is 1.87. The van der Waals surface area contributed by atoms with Crippen molar-refractivity contribution in [2.45, 2.75) is 6.92 Å². The third kappa shape index (κ3) is 1.50. The van der Waals surface area contributed by atoms with Crippen molar-refractivity contribution in [1.82, 2.24) is 3.98 Å². The zero-order valence-corrected chi connectivity index (χ0v) is 8.81. The summed E-state index contributed by atoms with van der Waals surface area (Å²) in [5.41, 5.74) is 2.60. The normalized spacial score (nSPS) is 10.2. The van der Waals surface area contributed by atoms with E-state index in [1.54, 1.807) is 0 Å². The molecular formula is C9H8N2OSe. The Bertz CT molecular complexity index is 411. The molecule has 0 fully saturated rings. The summed E-state index contributed by atoms with van der Waals surface area (Å²) in [7, 11) is 0. The van der Waals surface area contributed by atoms with Crippen molar-refractivity contribution < 1.29 is 3.73 Å².